The number of nitrogens with one attached hydrogen (secondary N) is 1. The van der Waals surface area contributed by atoms with Gasteiger partial charge in [-0.3, -0.25) is 15.7 Å². The summed E-state index contributed by atoms with van der Waals surface area (Å²) in [5.74, 6) is 5.56. The van der Waals surface area contributed by atoms with Gasteiger partial charge in [-0.25, -0.2) is 4.98 Å². The zero-order chi connectivity index (χ0) is 11.7. The molecule has 1 unspecified atom stereocenters. The molecule has 0 aliphatic heterocycles. The van der Waals surface area contributed by atoms with Crippen molar-refractivity contribution >= 4 is 16.3 Å². The molecule has 6 heteroatoms. The Labute approximate surface area is 102 Å². The molecule has 88 valence electrons. The second-order valence-electron chi connectivity index (χ2n) is 3.81. The molecule has 0 fully saturated rings. The number of nitrogens with zero attached hydrogens (tertiary/aromatic N) is 2. The molecule has 5 nitrogen and oxygen atoms in total. The molecule has 0 spiro atoms. The Morgan fingerprint density at radius 3 is 3.24 bits per heavy atom. The zero-order valence-electron chi connectivity index (χ0n) is 9.04. The van der Waals surface area contributed by atoms with E-state index in [1.807, 2.05) is 28.2 Å². The number of aromatic nitrogens is 2. The van der Waals surface area contributed by atoms with Crippen molar-refractivity contribution in [2.24, 2.45) is 5.84 Å². The standard InChI is InChI=1S/C11H12N4OS/c12-14-10(8-1-3-16-7-8)5-9-6-15-2-4-17-11(15)13-9/h1-4,6-7,10,14H,5,12H2. The molecule has 1 atom stereocenters. The van der Waals surface area contributed by atoms with Crippen molar-refractivity contribution in [3.05, 3.63) is 47.6 Å². The van der Waals surface area contributed by atoms with E-state index in [2.05, 4.69) is 10.4 Å². The van der Waals surface area contributed by atoms with Crippen molar-refractivity contribution in [3.63, 3.8) is 0 Å². The summed E-state index contributed by atoms with van der Waals surface area (Å²) in [5.41, 5.74) is 4.83. The summed E-state index contributed by atoms with van der Waals surface area (Å²) in [6.45, 7) is 0. The molecule has 0 radical (unpaired) electrons. The molecular formula is C11H12N4OS. The van der Waals surface area contributed by atoms with Crippen LogP contribution in [0.2, 0.25) is 0 Å². The lowest BCUT2D eigenvalue weighted by Gasteiger charge is -2.11. The number of rotatable bonds is 4. The zero-order valence-corrected chi connectivity index (χ0v) is 9.85. The van der Waals surface area contributed by atoms with Gasteiger partial charge in [0, 0.05) is 29.8 Å². The quantitative estimate of drug-likeness (QED) is 0.545. The molecule has 0 aromatic carbocycles. The third kappa shape index (κ3) is 1.97. The molecule has 0 saturated carbocycles. The first-order chi connectivity index (χ1) is 8.36. The highest BCUT2D eigenvalue weighted by Crippen LogP contribution is 2.19. The predicted molar refractivity (Wildman–Crippen MR) is 65.5 cm³/mol. The lowest BCUT2D eigenvalue weighted by Crippen LogP contribution is -2.29. The molecule has 3 aromatic heterocycles. The minimum Gasteiger partial charge on any atom is -0.472 e. The van der Waals surface area contributed by atoms with Gasteiger partial charge in [0.2, 0.25) is 0 Å². The minimum atomic E-state index is 0.0263. The molecule has 3 heterocycles. The van der Waals surface area contributed by atoms with Gasteiger partial charge in [-0.15, -0.1) is 11.3 Å². The molecule has 0 bridgehead atoms. The second-order valence-corrected chi connectivity index (χ2v) is 4.68. The van der Waals surface area contributed by atoms with E-state index in [1.165, 1.54) is 0 Å². The summed E-state index contributed by atoms with van der Waals surface area (Å²) in [6, 6.07) is 1.93. The van der Waals surface area contributed by atoms with Crippen LogP contribution in [0.15, 0.2) is 40.8 Å². The van der Waals surface area contributed by atoms with Gasteiger partial charge in [0.1, 0.15) is 0 Å². The third-order valence-corrected chi connectivity index (χ3v) is 3.47. The molecule has 17 heavy (non-hydrogen) atoms. The van der Waals surface area contributed by atoms with Gasteiger partial charge in [-0.1, -0.05) is 0 Å². The van der Waals surface area contributed by atoms with E-state index in [-0.39, 0.29) is 6.04 Å². The summed E-state index contributed by atoms with van der Waals surface area (Å²) in [7, 11) is 0. The number of furan rings is 1. The van der Waals surface area contributed by atoms with Crippen LogP contribution in [0.1, 0.15) is 17.3 Å². The van der Waals surface area contributed by atoms with Crippen LogP contribution < -0.4 is 11.3 Å². The maximum atomic E-state index is 5.56. The van der Waals surface area contributed by atoms with Gasteiger partial charge < -0.3 is 4.42 Å². The van der Waals surface area contributed by atoms with Crippen molar-refractivity contribution in [2.75, 3.05) is 0 Å². The molecule has 3 rings (SSSR count). The first kappa shape index (κ1) is 10.5. The minimum absolute atomic E-state index is 0.0263. The van der Waals surface area contributed by atoms with Crippen LogP contribution >= 0.6 is 11.3 Å². The lowest BCUT2D eigenvalue weighted by atomic mass is 10.1. The average Bonchev–Trinajstić information content (AvgIpc) is 3.01. The lowest BCUT2D eigenvalue weighted by molar-refractivity contribution is 0.523. The van der Waals surface area contributed by atoms with Crippen LogP contribution in [-0.4, -0.2) is 9.38 Å². The Hall–Kier alpha value is -1.63. The van der Waals surface area contributed by atoms with E-state index >= 15 is 0 Å². The van der Waals surface area contributed by atoms with E-state index in [0.29, 0.717) is 0 Å². The fourth-order valence-electron chi connectivity index (χ4n) is 1.83. The highest BCUT2D eigenvalue weighted by Gasteiger charge is 2.14. The Bertz CT molecular complexity index is 569. The maximum absolute atomic E-state index is 5.56. The molecule has 0 aliphatic carbocycles. The summed E-state index contributed by atoms with van der Waals surface area (Å²) >= 11 is 1.62. The predicted octanol–water partition coefficient (Wildman–Crippen LogP) is 1.74. The first-order valence-corrected chi connectivity index (χ1v) is 6.14. The summed E-state index contributed by atoms with van der Waals surface area (Å²) in [5, 5.41) is 2.01. The normalized spacial score (nSPS) is 13.2. The third-order valence-electron chi connectivity index (χ3n) is 2.70. The smallest absolute Gasteiger partial charge is 0.193 e. The van der Waals surface area contributed by atoms with E-state index in [0.717, 1.165) is 22.6 Å². The SMILES string of the molecule is NNC(Cc1cn2ccsc2n1)c1ccoc1. The first-order valence-electron chi connectivity index (χ1n) is 5.26. The maximum Gasteiger partial charge on any atom is 0.193 e. The van der Waals surface area contributed by atoms with Gasteiger partial charge in [0.25, 0.3) is 0 Å². The second kappa shape index (κ2) is 4.33. The number of nitrogens with two attached hydrogens (primary N) is 1. The van der Waals surface area contributed by atoms with Crippen LogP contribution in [0, 0.1) is 0 Å². The summed E-state index contributed by atoms with van der Waals surface area (Å²) in [4.78, 5) is 5.53. The number of thiazole rings is 1. The molecular weight excluding hydrogens is 236 g/mol. The van der Waals surface area contributed by atoms with Crippen LogP contribution in [0.25, 0.3) is 4.96 Å². The fourth-order valence-corrected chi connectivity index (χ4v) is 2.55. The van der Waals surface area contributed by atoms with E-state index < -0.39 is 0 Å². The van der Waals surface area contributed by atoms with Crippen molar-refractivity contribution in [1.82, 2.24) is 14.8 Å². The van der Waals surface area contributed by atoms with Gasteiger partial charge in [0.15, 0.2) is 4.96 Å². The Balaban J connectivity index is 1.83. The van der Waals surface area contributed by atoms with Gasteiger partial charge in [-0.05, 0) is 6.07 Å². The van der Waals surface area contributed by atoms with Crippen molar-refractivity contribution in [3.8, 4) is 0 Å². The molecule has 0 aliphatic rings. The number of hydrazine groups is 1. The topological polar surface area (TPSA) is 68.5 Å². The Morgan fingerprint density at radius 2 is 2.53 bits per heavy atom. The van der Waals surface area contributed by atoms with Gasteiger partial charge >= 0.3 is 0 Å². The monoisotopic (exact) mass is 248 g/mol. The Morgan fingerprint density at radius 1 is 1.59 bits per heavy atom. The van der Waals surface area contributed by atoms with Gasteiger partial charge in [-0.2, -0.15) is 0 Å². The van der Waals surface area contributed by atoms with Crippen LogP contribution in [0.3, 0.4) is 0 Å². The van der Waals surface area contributed by atoms with E-state index in [1.54, 1.807) is 23.9 Å². The molecule has 0 amide bonds. The van der Waals surface area contributed by atoms with Crippen molar-refractivity contribution in [1.29, 1.82) is 0 Å². The van der Waals surface area contributed by atoms with E-state index in [4.69, 9.17) is 10.3 Å². The van der Waals surface area contributed by atoms with E-state index in [9.17, 15) is 0 Å². The number of fused-ring (bicyclic) bond motifs is 1. The number of imidazole rings is 1. The number of hydrogen-bond acceptors (Lipinski definition) is 5. The highest BCUT2D eigenvalue weighted by atomic mass is 32.1. The fraction of sp³-hybridized carbons (Fsp3) is 0.182. The molecule has 0 saturated heterocycles. The van der Waals surface area contributed by atoms with Crippen molar-refractivity contribution < 1.29 is 4.42 Å². The molecule has 3 N–H and O–H groups in total. The number of hydrogen-bond donors (Lipinski definition) is 2. The summed E-state index contributed by atoms with van der Waals surface area (Å²) in [6.07, 6.45) is 8.11. The van der Waals surface area contributed by atoms with Crippen LogP contribution in [-0.2, 0) is 6.42 Å². The van der Waals surface area contributed by atoms with Crippen molar-refractivity contribution in [2.45, 2.75) is 12.5 Å². The van der Waals surface area contributed by atoms with Crippen LogP contribution in [0.4, 0.5) is 0 Å². The highest BCUT2D eigenvalue weighted by molar-refractivity contribution is 7.15. The largest absolute Gasteiger partial charge is 0.472 e. The van der Waals surface area contributed by atoms with Gasteiger partial charge in [0.05, 0.1) is 24.3 Å². The molecule has 3 aromatic rings. The van der Waals surface area contributed by atoms with Crippen LogP contribution in [0.5, 0.6) is 0 Å². The Kier molecular flexibility index (Phi) is 2.68. The summed E-state index contributed by atoms with van der Waals surface area (Å²) < 4.78 is 7.08. The average molecular weight is 248 g/mol.